The molecule has 0 aliphatic heterocycles. The quantitative estimate of drug-likeness (QED) is 0.0274. The summed E-state index contributed by atoms with van der Waals surface area (Å²) in [6.45, 7) is 4.45. The van der Waals surface area contributed by atoms with Crippen LogP contribution in [-0.4, -0.2) is 68.5 Å². The molecule has 0 fully saturated rings. The first-order valence-electron chi connectivity index (χ1n) is 24.1. The Balaban J connectivity index is 3.68. The smallest absolute Gasteiger partial charge is 0.268 e. The molecule has 0 bridgehead atoms. The average Bonchev–Trinajstić information content (AvgIpc) is 3.15. The highest BCUT2D eigenvalue weighted by atomic mass is 31.2. The number of phosphoric acid groups is 1. The molecule has 56 heavy (non-hydrogen) atoms. The summed E-state index contributed by atoms with van der Waals surface area (Å²) < 4.78 is 22.9. The highest BCUT2D eigenvalue weighted by Gasteiger charge is 2.23. The number of hydrogen-bond acceptors (Lipinski definition) is 6. The Bertz CT molecular complexity index is 927. The average molecular weight is 815 g/mol. The van der Waals surface area contributed by atoms with Crippen LogP contribution in [0.25, 0.3) is 0 Å². The molecule has 334 valence electrons. The van der Waals surface area contributed by atoms with E-state index >= 15 is 0 Å². The number of unbranched alkanes of at least 4 members (excludes halogenated alkanes) is 31. The minimum absolute atomic E-state index is 0.0000396. The third-order valence-electron chi connectivity index (χ3n) is 11.0. The fourth-order valence-corrected chi connectivity index (χ4v) is 7.88. The highest BCUT2D eigenvalue weighted by Crippen LogP contribution is 2.38. The third kappa shape index (κ3) is 41.4. The maximum absolute atomic E-state index is 12.7. The summed E-state index contributed by atoms with van der Waals surface area (Å²) in [6.07, 6.45) is 46.8. The van der Waals surface area contributed by atoms with Crippen LogP contribution in [0.4, 0.5) is 0 Å². The molecule has 0 heterocycles. The summed E-state index contributed by atoms with van der Waals surface area (Å²) in [6, 6.07) is -0.877. The number of allylic oxidation sites excluding steroid dienone is 1. The molecule has 0 saturated heterocycles. The molecule has 0 saturated carbocycles. The molecule has 0 aromatic carbocycles. The Hall–Kier alpha value is -0.760. The zero-order valence-corrected chi connectivity index (χ0v) is 38.7. The number of amides is 1. The van der Waals surface area contributed by atoms with E-state index in [-0.39, 0.29) is 19.1 Å². The second-order valence-corrected chi connectivity index (χ2v) is 19.2. The van der Waals surface area contributed by atoms with Gasteiger partial charge in [0.15, 0.2) is 0 Å². The molecule has 2 N–H and O–H groups in total. The number of hydrogen-bond donors (Lipinski definition) is 2. The summed E-state index contributed by atoms with van der Waals surface area (Å²) in [5, 5.41) is 13.4. The van der Waals surface area contributed by atoms with Gasteiger partial charge in [-0.1, -0.05) is 225 Å². The van der Waals surface area contributed by atoms with Crippen LogP contribution in [0.1, 0.15) is 232 Å². The summed E-state index contributed by atoms with van der Waals surface area (Å²) in [5.74, 6) is -0.205. The van der Waals surface area contributed by atoms with Crippen LogP contribution in [0, 0.1) is 0 Å². The van der Waals surface area contributed by atoms with Crippen molar-refractivity contribution in [3.8, 4) is 0 Å². The maximum atomic E-state index is 12.7. The topological polar surface area (TPSA) is 108 Å². The van der Waals surface area contributed by atoms with E-state index in [0.29, 0.717) is 17.4 Å². The third-order valence-corrected chi connectivity index (χ3v) is 11.9. The van der Waals surface area contributed by atoms with E-state index in [2.05, 4.69) is 12.2 Å². The van der Waals surface area contributed by atoms with E-state index in [4.69, 9.17) is 9.05 Å². The number of nitrogens with one attached hydrogen (secondary N) is 1. The Kier molecular flexibility index (Phi) is 39.1. The van der Waals surface area contributed by atoms with Crippen molar-refractivity contribution in [3.63, 3.8) is 0 Å². The van der Waals surface area contributed by atoms with Gasteiger partial charge in [0.25, 0.3) is 7.82 Å². The van der Waals surface area contributed by atoms with Crippen LogP contribution >= 0.6 is 7.82 Å². The van der Waals surface area contributed by atoms with Crippen LogP contribution in [0.3, 0.4) is 0 Å². The SMILES string of the molecule is CCC/C=C/C(O)C(COP(=O)([O-])OCC[N+](C)(C)C)NC(=O)CCCCCCCCCCCCCCCCCCCCCCCCCCCCCCCCC. The first kappa shape index (κ1) is 55.2. The van der Waals surface area contributed by atoms with Gasteiger partial charge >= 0.3 is 0 Å². The lowest BCUT2D eigenvalue weighted by Crippen LogP contribution is -2.45. The van der Waals surface area contributed by atoms with Crippen LogP contribution < -0.4 is 10.2 Å². The summed E-state index contributed by atoms with van der Waals surface area (Å²) in [5.41, 5.74) is 0. The monoisotopic (exact) mass is 815 g/mol. The number of phosphoric ester groups is 1. The molecule has 3 atom stereocenters. The van der Waals surface area contributed by atoms with Gasteiger partial charge in [0, 0.05) is 6.42 Å². The van der Waals surface area contributed by atoms with Gasteiger partial charge in [0.05, 0.1) is 39.9 Å². The van der Waals surface area contributed by atoms with E-state index in [0.717, 1.165) is 32.1 Å². The molecule has 0 aliphatic carbocycles. The predicted molar refractivity (Wildman–Crippen MR) is 238 cm³/mol. The fraction of sp³-hybridized carbons (Fsp3) is 0.936. The van der Waals surface area contributed by atoms with Crippen molar-refractivity contribution in [2.24, 2.45) is 0 Å². The standard InChI is InChI=1S/C47H95N2O6P/c1-6-8-10-11-12-13-14-15-16-17-18-19-20-21-22-23-24-25-26-27-28-29-30-31-32-33-34-35-36-37-39-41-47(51)48-45(46(50)40-38-9-7-2)44-55-56(52,53)54-43-42-49(3,4)5/h38,40,45-46,50H,6-37,39,41-44H2,1-5H3,(H-,48,51,52,53)/b40-38+. The lowest BCUT2D eigenvalue weighted by Gasteiger charge is -2.29. The maximum Gasteiger partial charge on any atom is 0.268 e. The van der Waals surface area contributed by atoms with Crippen molar-refractivity contribution in [2.45, 2.75) is 244 Å². The van der Waals surface area contributed by atoms with Crippen LogP contribution in [0.5, 0.6) is 0 Å². The molecule has 0 rings (SSSR count). The van der Waals surface area contributed by atoms with Gasteiger partial charge in [-0.2, -0.15) is 0 Å². The zero-order chi connectivity index (χ0) is 41.4. The minimum Gasteiger partial charge on any atom is -0.756 e. The molecular formula is C47H95N2O6P. The van der Waals surface area contributed by atoms with E-state index in [1.165, 1.54) is 180 Å². The number of aliphatic hydroxyl groups is 1. The molecular weight excluding hydrogens is 719 g/mol. The van der Waals surface area contributed by atoms with Crippen molar-refractivity contribution < 1.29 is 32.9 Å². The summed E-state index contributed by atoms with van der Waals surface area (Å²) >= 11 is 0. The van der Waals surface area contributed by atoms with Crippen LogP contribution in [-0.2, 0) is 18.4 Å². The van der Waals surface area contributed by atoms with Crippen molar-refractivity contribution >= 4 is 13.7 Å². The first-order valence-corrected chi connectivity index (χ1v) is 25.5. The second kappa shape index (κ2) is 39.7. The molecule has 0 aromatic heterocycles. The van der Waals surface area contributed by atoms with Crippen molar-refractivity contribution in [3.05, 3.63) is 12.2 Å². The first-order chi connectivity index (χ1) is 27.0. The molecule has 8 nitrogen and oxygen atoms in total. The molecule has 0 radical (unpaired) electrons. The highest BCUT2D eigenvalue weighted by molar-refractivity contribution is 7.45. The van der Waals surface area contributed by atoms with Gasteiger partial charge < -0.3 is 28.8 Å². The number of likely N-dealkylation sites (N-methyl/N-ethyl adjacent to an activating group) is 1. The molecule has 1 amide bonds. The zero-order valence-electron chi connectivity index (χ0n) is 37.9. The molecule has 0 spiro atoms. The van der Waals surface area contributed by atoms with E-state index in [9.17, 15) is 19.4 Å². The van der Waals surface area contributed by atoms with Gasteiger partial charge in [-0.3, -0.25) is 9.36 Å². The second-order valence-electron chi connectivity index (χ2n) is 17.8. The van der Waals surface area contributed by atoms with Gasteiger partial charge in [-0.15, -0.1) is 0 Å². The van der Waals surface area contributed by atoms with Crippen LogP contribution in [0.2, 0.25) is 0 Å². The Morgan fingerprint density at radius 2 is 0.964 bits per heavy atom. The van der Waals surface area contributed by atoms with Gasteiger partial charge in [-0.25, -0.2) is 0 Å². The Morgan fingerprint density at radius 3 is 1.30 bits per heavy atom. The lowest BCUT2D eigenvalue weighted by molar-refractivity contribution is -0.870. The number of carbonyl (C=O) groups excluding carboxylic acids is 1. The lowest BCUT2D eigenvalue weighted by atomic mass is 10.0. The van der Waals surface area contributed by atoms with Crippen molar-refractivity contribution in [1.82, 2.24) is 5.32 Å². The van der Waals surface area contributed by atoms with Crippen molar-refractivity contribution in [2.75, 3.05) is 40.9 Å². The number of quaternary nitrogens is 1. The summed E-state index contributed by atoms with van der Waals surface area (Å²) in [4.78, 5) is 24.9. The minimum atomic E-state index is -4.56. The van der Waals surface area contributed by atoms with E-state index < -0.39 is 20.0 Å². The van der Waals surface area contributed by atoms with Crippen LogP contribution in [0.15, 0.2) is 12.2 Å². The van der Waals surface area contributed by atoms with Gasteiger partial charge in [0.1, 0.15) is 13.2 Å². The number of carbonyl (C=O) groups is 1. The largest absolute Gasteiger partial charge is 0.756 e. The van der Waals surface area contributed by atoms with E-state index in [1.807, 2.05) is 34.1 Å². The van der Waals surface area contributed by atoms with Gasteiger partial charge in [-0.05, 0) is 12.8 Å². The molecule has 9 heteroatoms. The number of nitrogens with zero attached hydrogens (tertiary/aromatic N) is 1. The van der Waals surface area contributed by atoms with Gasteiger partial charge in [0.2, 0.25) is 5.91 Å². The Labute approximate surface area is 348 Å². The van der Waals surface area contributed by atoms with E-state index in [1.54, 1.807) is 6.08 Å². The molecule has 3 unspecified atom stereocenters. The number of aliphatic hydroxyl groups excluding tert-OH is 1. The normalized spacial score (nSPS) is 14.3. The fourth-order valence-electron chi connectivity index (χ4n) is 7.16. The predicted octanol–water partition coefficient (Wildman–Crippen LogP) is 12.9. The molecule has 0 aromatic rings. The Morgan fingerprint density at radius 1 is 0.607 bits per heavy atom. The summed E-state index contributed by atoms with van der Waals surface area (Å²) in [7, 11) is 1.26. The molecule has 0 aliphatic rings. The van der Waals surface area contributed by atoms with Crippen molar-refractivity contribution in [1.29, 1.82) is 0 Å². The number of rotatable bonds is 44.